The van der Waals surface area contributed by atoms with E-state index in [2.05, 4.69) is 10.6 Å². The number of carbonyl (C=O) groups excluding carboxylic acids is 2. The summed E-state index contributed by atoms with van der Waals surface area (Å²) in [5, 5.41) is 5.69. The highest BCUT2D eigenvalue weighted by molar-refractivity contribution is 7.98. The summed E-state index contributed by atoms with van der Waals surface area (Å²) in [6.07, 6.45) is 4.83. The van der Waals surface area contributed by atoms with Crippen LogP contribution >= 0.6 is 11.8 Å². The minimum atomic E-state index is -3.58. The molecular weight excluding hydrogens is 462 g/mol. The van der Waals surface area contributed by atoms with E-state index in [1.54, 1.807) is 54.4 Å². The maximum Gasteiger partial charge on any atom is 0.243 e. The highest BCUT2D eigenvalue weighted by Crippen LogP contribution is 2.24. The number of carbonyl (C=O) groups is 2. The molecule has 3 rings (SSSR count). The molecule has 1 aliphatic rings. The molecule has 0 aliphatic carbocycles. The minimum Gasteiger partial charge on any atom is -0.467 e. The van der Waals surface area contributed by atoms with Crippen molar-refractivity contribution in [3.05, 3.63) is 54.0 Å². The number of aryl methyl sites for hydroxylation is 1. The van der Waals surface area contributed by atoms with Gasteiger partial charge in [0.1, 0.15) is 11.8 Å². The summed E-state index contributed by atoms with van der Waals surface area (Å²) >= 11 is 1.60. The van der Waals surface area contributed by atoms with Gasteiger partial charge in [-0.2, -0.15) is 16.1 Å². The van der Waals surface area contributed by atoms with Crippen LogP contribution in [-0.4, -0.2) is 55.7 Å². The van der Waals surface area contributed by atoms with Crippen LogP contribution in [-0.2, 0) is 26.2 Å². The molecule has 2 heterocycles. The standard InChI is InChI=1S/C23H31N3O5S2/c1-17-5-7-20(8-6-17)33(29,30)26-12-9-18(10-13-26)22(27)25-21(11-15-32-2)23(28)24-16-19-4-3-14-31-19/h3-8,14,18,21H,9-13,15-16H2,1-2H3,(H,24,28)(H,25,27)/t21-/m0/s1. The number of nitrogens with zero attached hydrogens (tertiary/aromatic N) is 1. The van der Waals surface area contributed by atoms with Gasteiger partial charge >= 0.3 is 0 Å². The molecular formula is C23H31N3O5S2. The van der Waals surface area contributed by atoms with Crippen molar-refractivity contribution in [2.24, 2.45) is 5.92 Å². The van der Waals surface area contributed by atoms with Gasteiger partial charge in [0.25, 0.3) is 0 Å². The predicted molar refractivity (Wildman–Crippen MR) is 128 cm³/mol. The Balaban J connectivity index is 1.55. The van der Waals surface area contributed by atoms with Gasteiger partial charge in [-0.05, 0) is 62.5 Å². The van der Waals surface area contributed by atoms with E-state index >= 15 is 0 Å². The summed E-state index contributed by atoms with van der Waals surface area (Å²) in [6.45, 7) is 2.71. The van der Waals surface area contributed by atoms with Crippen LogP contribution in [0.25, 0.3) is 0 Å². The third-order valence-corrected chi connectivity index (χ3v) is 8.30. The maximum absolute atomic E-state index is 12.9. The third kappa shape index (κ3) is 6.84. The maximum atomic E-state index is 12.9. The smallest absolute Gasteiger partial charge is 0.243 e. The Morgan fingerprint density at radius 2 is 1.88 bits per heavy atom. The predicted octanol–water partition coefficient (Wildman–Crippen LogP) is 2.54. The van der Waals surface area contributed by atoms with Crippen molar-refractivity contribution in [1.82, 2.24) is 14.9 Å². The molecule has 2 aromatic rings. The van der Waals surface area contributed by atoms with Crippen molar-refractivity contribution in [2.75, 3.05) is 25.1 Å². The molecule has 1 fully saturated rings. The number of nitrogens with one attached hydrogen (secondary N) is 2. The van der Waals surface area contributed by atoms with Gasteiger partial charge in [0.15, 0.2) is 0 Å². The lowest BCUT2D eigenvalue weighted by Gasteiger charge is -2.31. The first-order valence-electron chi connectivity index (χ1n) is 11.0. The number of rotatable bonds is 10. The highest BCUT2D eigenvalue weighted by Gasteiger charge is 2.33. The first kappa shape index (κ1) is 25.3. The van der Waals surface area contributed by atoms with Crippen molar-refractivity contribution < 1.29 is 22.4 Å². The molecule has 8 nitrogen and oxygen atoms in total. The molecule has 0 unspecified atom stereocenters. The second-order valence-corrected chi connectivity index (χ2v) is 11.1. The van der Waals surface area contributed by atoms with Gasteiger partial charge in [-0.25, -0.2) is 8.42 Å². The fourth-order valence-electron chi connectivity index (χ4n) is 3.72. The van der Waals surface area contributed by atoms with Crippen LogP contribution in [0.1, 0.15) is 30.6 Å². The van der Waals surface area contributed by atoms with E-state index < -0.39 is 16.1 Å². The van der Waals surface area contributed by atoms with E-state index in [4.69, 9.17) is 4.42 Å². The van der Waals surface area contributed by atoms with Crippen molar-refractivity contribution in [2.45, 2.75) is 43.7 Å². The molecule has 1 aromatic carbocycles. The Labute approximate surface area is 199 Å². The monoisotopic (exact) mass is 493 g/mol. The fraction of sp³-hybridized carbons (Fsp3) is 0.478. The lowest BCUT2D eigenvalue weighted by molar-refractivity contribution is -0.132. The molecule has 0 saturated carbocycles. The van der Waals surface area contributed by atoms with E-state index in [1.807, 2.05) is 13.2 Å². The summed E-state index contributed by atoms with van der Waals surface area (Å²) in [5.74, 6) is 0.575. The number of hydrogen-bond acceptors (Lipinski definition) is 6. The molecule has 1 saturated heterocycles. The van der Waals surface area contributed by atoms with Crippen LogP contribution in [0, 0.1) is 12.8 Å². The molecule has 2 amide bonds. The van der Waals surface area contributed by atoms with Gasteiger partial charge < -0.3 is 15.1 Å². The Morgan fingerprint density at radius 1 is 1.18 bits per heavy atom. The lowest BCUT2D eigenvalue weighted by atomic mass is 9.96. The zero-order chi connectivity index (χ0) is 23.8. The first-order chi connectivity index (χ1) is 15.8. The average molecular weight is 494 g/mol. The quantitative estimate of drug-likeness (QED) is 0.527. The van der Waals surface area contributed by atoms with Crippen LogP contribution in [0.3, 0.4) is 0 Å². The number of amides is 2. The van der Waals surface area contributed by atoms with Crippen molar-refractivity contribution in [1.29, 1.82) is 0 Å². The zero-order valence-corrected chi connectivity index (χ0v) is 20.6. The van der Waals surface area contributed by atoms with Crippen LogP contribution in [0.15, 0.2) is 52.0 Å². The van der Waals surface area contributed by atoms with E-state index in [0.717, 1.165) is 11.3 Å². The average Bonchev–Trinajstić information content (AvgIpc) is 3.34. The van der Waals surface area contributed by atoms with E-state index in [1.165, 1.54) is 4.31 Å². The number of piperidine rings is 1. The number of furan rings is 1. The van der Waals surface area contributed by atoms with Gasteiger partial charge in [-0.15, -0.1) is 0 Å². The number of benzene rings is 1. The summed E-state index contributed by atoms with van der Waals surface area (Å²) < 4.78 is 32.5. The van der Waals surface area contributed by atoms with Crippen LogP contribution in [0.5, 0.6) is 0 Å². The number of sulfonamides is 1. The Morgan fingerprint density at radius 3 is 2.48 bits per heavy atom. The zero-order valence-electron chi connectivity index (χ0n) is 19.0. The normalized spacial score (nSPS) is 16.3. The first-order valence-corrected chi connectivity index (χ1v) is 13.8. The second kappa shape index (κ2) is 11.7. The minimum absolute atomic E-state index is 0.207. The summed E-state index contributed by atoms with van der Waals surface area (Å²) in [4.78, 5) is 25.8. The van der Waals surface area contributed by atoms with Gasteiger partial charge in [0.05, 0.1) is 17.7 Å². The fourth-order valence-corrected chi connectivity index (χ4v) is 5.66. The topological polar surface area (TPSA) is 109 Å². The second-order valence-electron chi connectivity index (χ2n) is 8.13. The van der Waals surface area contributed by atoms with Crippen LogP contribution in [0.4, 0.5) is 0 Å². The Hall–Kier alpha value is -2.30. The molecule has 10 heteroatoms. The van der Waals surface area contributed by atoms with Crippen molar-refractivity contribution >= 4 is 33.6 Å². The van der Waals surface area contributed by atoms with E-state index in [-0.39, 0.29) is 42.3 Å². The summed E-state index contributed by atoms with van der Waals surface area (Å²) in [7, 11) is -3.58. The van der Waals surface area contributed by atoms with Gasteiger partial charge in [0, 0.05) is 19.0 Å². The molecule has 0 spiro atoms. The number of hydrogen-bond donors (Lipinski definition) is 2. The van der Waals surface area contributed by atoms with Crippen molar-refractivity contribution in [3.8, 4) is 0 Å². The molecule has 2 N–H and O–H groups in total. The molecule has 1 aliphatic heterocycles. The SMILES string of the molecule is CSCC[C@H](NC(=O)C1CCN(S(=O)(=O)c2ccc(C)cc2)CC1)C(=O)NCc1ccco1. The lowest BCUT2D eigenvalue weighted by Crippen LogP contribution is -2.50. The largest absolute Gasteiger partial charge is 0.467 e. The Kier molecular flexibility index (Phi) is 8.99. The Bertz CT molecular complexity index is 1010. The summed E-state index contributed by atoms with van der Waals surface area (Å²) in [5.41, 5.74) is 0.994. The molecule has 1 atom stereocenters. The van der Waals surface area contributed by atoms with Crippen LogP contribution < -0.4 is 10.6 Å². The van der Waals surface area contributed by atoms with Gasteiger partial charge in [-0.3, -0.25) is 9.59 Å². The van der Waals surface area contributed by atoms with Crippen LogP contribution in [0.2, 0.25) is 0 Å². The highest BCUT2D eigenvalue weighted by atomic mass is 32.2. The van der Waals surface area contributed by atoms with Gasteiger partial charge in [0.2, 0.25) is 21.8 Å². The molecule has 33 heavy (non-hydrogen) atoms. The van der Waals surface area contributed by atoms with Crippen molar-refractivity contribution in [3.63, 3.8) is 0 Å². The molecule has 0 bridgehead atoms. The molecule has 0 radical (unpaired) electrons. The molecule has 1 aromatic heterocycles. The summed E-state index contributed by atoms with van der Waals surface area (Å²) in [6, 6.07) is 9.66. The number of thioether (sulfide) groups is 1. The van der Waals surface area contributed by atoms with Gasteiger partial charge in [-0.1, -0.05) is 17.7 Å². The molecule has 180 valence electrons. The van der Waals surface area contributed by atoms with E-state index in [9.17, 15) is 18.0 Å². The van der Waals surface area contributed by atoms with E-state index in [0.29, 0.717) is 25.0 Å². The third-order valence-electron chi connectivity index (χ3n) is 5.74.